The number of hydrogen-bond donors (Lipinski definition) is 1. The molecule has 0 bridgehead atoms. The van der Waals surface area contributed by atoms with Crippen LogP contribution in [-0.4, -0.2) is 49.2 Å². The van der Waals surface area contributed by atoms with Crippen LogP contribution in [0.1, 0.15) is 17.5 Å². The molecule has 1 aliphatic heterocycles. The first-order valence-corrected chi connectivity index (χ1v) is 10.4. The fourth-order valence-corrected chi connectivity index (χ4v) is 3.84. The Labute approximate surface area is 195 Å². The van der Waals surface area contributed by atoms with Gasteiger partial charge in [0, 0.05) is 41.9 Å². The third-order valence-electron chi connectivity index (χ3n) is 5.01. The number of hydrogen-bond acceptors (Lipinski definition) is 7. The van der Waals surface area contributed by atoms with E-state index in [0.29, 0.717) is 37.1 Å². The predicted octanol–water partition coefficient (Wildman–Crippen LogP) is 4.84. The number of nitrogens with one attached hydrogen (secondary N) is 1. The number of aromatic nitrogens is 2. The highest BCUT2D eigenvalue weighted by atomic mass is 35.5. The second-order valence-electron chi connectivity index (χ2n) is 7.03. The van der Waals surface area contributed by atoms with Crippen molar-refractivity contribution in [3.05, 3.63) is 52.3 Å². The van der Waals surface area contributed by atoms with Crippen molar-refractivity contribution < 1.29 is 23.4 Å². The quantitative estimate of drug-likeness (QED) is 0.512. The SMILES string of the molecule is C=CC(=O)C[C@@H]1COC[C@@H]1Nc1ncc(/C(F)=C/c2c(Cl)c(OC)cc(OC)c2Cl)cn1. The maximum Gasteiger partial charge on any atom is 0.222 e. The minimum atomic E-state index is -0.644. The standard InChI is InChI=1S/C22H22Cl2FN3O4/c1-4-14(29)5-12-10-32-11-17(12)28-22-26-8-13(9-27-22)16(25)6-15-20(23)18(30-2)7-19(31-3)21(15)24/h4,6-9,12,17H,1,5,10-11H2,2-3H3,(H,26,27,28)/b16-6-/t12-,17+/m1/s1. The first-order valence-electron chi connectivity index (χ1n) is 9.67. The van der Waals surface area contributed by atoms with Gasteiger partial charge in [-0.05, 0) is 12.2 Å². The van der Waals surface area contributed by atoms with E-state index in [1.807, 2.05) is 0 Å². The summed E-state index contributed by atoms with van der Waals surface area (Å²) in [5, 5.41) is 3.43. The Morgan fingerprint density at radius 2 is 1.88 bits per heavy atom. The van der Waals surface area contributed by atoms with Gasteiger partial charge in [-0.2, -0.15) is 0 Å². The van der Waals surface area contributed by atoms with Gasteiger partial charge in [-0.3, -0.25) is 4.79 Å². The van der Waals surface area contributed by atoms with Crippen molar-refractivity contribution in [1.82, 2.24) is 9.97 Å². The van der Waals surface area contributed by atoms with E-state index >= 15 is 0 Å². The van der Waals surface area contributed by atoms with Crippen LogP contribution in [0.2, 0.25) is 10.0 Å². The zero-order chi connectivity index (χ0) is 23.3. The van der Waals surface area contributed by atoms with Gasteiger partial charge in [-0.25, -0.2) is 14.4 Å². The largest absolute Gasteiger partial charge is 0.495 e. The Kier molecular flexibility index (Phi) is 8.06. The summed E-state index contributed by atoms with van der Waals surface area (Å²) >= 11 is 12.6. The van der Waals surface area contributed by atoms with Gasteiger partial charge in [0.1, 0.15) is 17.3 Å². The number of anilines is 1. The van der Waals surface area contributed by atoms with E-state index in [2.05, 4.69) is 21.9 Å². The zero-order valence-corrected chi connectivity index (χ0v) is 19.0. The Morgan fingerprint density at radius 1 is 1.25 bits per heavy atom. The van der Waals surface area contributed by atoms with Gasteiger partial charge in [-0.1, -0.05) is 29.8 Å². The molecule has 0 aliphatic carbocycles. The first kappa shape index (κ1) is 24.0. The molecule has 1 aliphatic rings. The fourth-order valence-electron chi connectivity index (χ4n) is 3.23. The monoisotopic (exact) mass is 481 g/mol. The average Bonchev–Trinajstić information content (AvgIpc) is 3.23. The predicted molar refractivity (Wildman–Crippen MR) is 122 cm³/mol. The number of ketones is 1. The molecule has 1 fully saturated rings. The number of rotatable bonds is 9. The van der Waals surface area contributed by atoms with E-state index < -0.39 is 5.83 Å². The maximum atomic E-state index is 14.9. The number of allylic oxidation sites excluding steroid dienone is 1. The molecule has 10 heteroatoms. The molecule has 2 aromatic rings. The van der Waals surface area contributed by atoms with E-state index in [1.54, 1.807) is 0 Å². The fraction of sp³-hybridized carbons (Fsp3) is 0.318. The molecule has 2 atom stereocenters. The van der Waals surface area contributed by atoms with Crippen LogP contribution in [0, 0.1) is 5.92 Å². The Morgan fingerprint density at radius 3 is 2.44 bits per heavy atom. The van der Waals surface area contributed by atoms with Gasteiger partial charge in [0.05, 0.1) is 43.5 Å². The van der Waals surface area contributed by atoms with Crippen LogP contribution < -0.4 is 14.8 Å². The highest BCUT2D eigenvalue weighted by Gasteiger charge is 2.30. The van der Waals surface area contributed by atoms with E-state index in [4.69, 9.17) is 37.4 Å². The van der Waals surface area contributed by atoms with Crippen molar-refractivity contribution in [2.45, 2.75) is 12.5 Å². The van der Waals surface area contributed by atoms with Gasteiger partial charge < -0.3 is 19.5 Å². The summed E-state index contributed by atoms with van der Waals surface area (Å²) in [5.74, 6) is 0.175. The second kappa shape index (κ2) is 10.8. The zero-order valence-electron chi connectivity index (χ0n) is 17.5. The van der Waals surface area contributed by atoms with Crippen molar-refractivity contribution in [1.29, 1.82) is 0 Å². The molecule has 1 saturated heterocycles. The van der Waals surface area contributed by atoms with Crippen molar-refractivity contribution in [2.24, 2.45) is 5.92 Å². The smallest absolute Gasteiger partial charge is 0.222 e. The van der Waals surface area contributed by atoms with Crippen LogP contribution in [0.3, 0.4) is 0 Å². The lowest BCUT2D eigenvalue weighted by Crippen LogP contribution is -2.30. The van der Waals surface area contributed by atoms with E-state index in [0.717, 1.165) is 0 Å². The lowest BCUT2D eigenvalue weighted by Gasteiger charge is -2.17. The number of ether oxygens (including phenoxy) is 3. The van der Waals surface area contributed by atoms with Gasteiger partial charge in [0.2, 0.25) is 5.95 Å². The Hall–Kier alpha value is -2.68. The van der Waals surface area contributed by atoms with Crippen molar-refractivity contribution >= 4 is 46.8 Å². The number of carbonyl (C=O) groups excluding carboxylic acids is 1. The minimum absolute atomic E-state index is 0.0206. The molecule has 32 heavy (non-hydrogen) atoms. The molecular weight excluding hydrogens is 460 g/mol. The van der Waals surface area contributed by atoms with Gasteiger partial charge in [-0.15, -0.1) is 0 Å². The summed E-state index contributed by atoms with van der Waals surface area (Å²) < 4.78 is 30.8. The van der Waals surface area contributed by atoms with Crippen LogP contribution in [0.25, 0.3) is 11.9 Å². The molecule has 0 unspecified atom stereocenters. The molecule has 0 spiro atoms. The number of carbonyl (C=O) groups is 1. The van der Waals surface area contributed by atoms with Crippen LogP contribution in [0.4, 0.5) is 10.3 Å². The molecule has 0 radical (unpaired) electrons. The molecule has 3 rings (SSSR count). The van der Waals surface area contributed by atoms with Crippen LogP contribution in [0.5, 0.6) is 11.5 Å². The van der Waals surface area contributed by atoms with E-state index in [9.17, 15) is 9.18 Å². The molecular formula is C22H22Cl2FN3O4. The molecule has 170 valence electrons. The van der Waals surface area contributed by atoms with E-state index in [-0.39, 0.29) is 38.9 Å². The average molecular weight is 482 g/mol. The van der Waals surface area contributed by atoms with E-state index in [1.165, 1.54) is 44.8 Å². The van der Waals surface area contributed by atoms with Crippen molar-refractivity contribution in [2.75, 3.05) is 32.8 Å². The van der Waals surface area contributed by atoms with Gasteiger partial charge >= 0.3 is 0 Å². The molecule has 0 saturated carbocycles. The Bertz CT molecular complexity index is 1000. The summed E-state index contributed by atoms with van der Waals surface area (Å²) in [6.45, 7) is 4.37. The third-order valence-corrected chi connectivity index (χ3v) is 5.79. The molecule has 0 amide bonds. The summed E-state index contributed by atoms with van der Waals surface area (Å²) in [6.07, 6.45) is 5.46. The number of halogens is 3. The Balaban J connectivity index is 1.78. The molecule has 1 aromatic heterocycles. The van der Waals surface area contributed by atoms with Crippen LogP contribution in [0.15, 0.2) is 31.1 Å². The lowest BCUT2D eigenvalue weighted by atomic mass is 9.97. The summed E-state index contributed by atoms with van der Waals surface area (Å²) in [5.41, 5.74) is 0.340. The highest BCUT2D eigenvalue weighted by Crippen LogP contribution is 2.42. The summed E-state index contributed by atoms with van der Waals surface area (Å²) in [7, 11) is 2.87. The van der Waals surface area contributed by atoms with Gasteiger partial charge in [0.15, 0.2) is 5.78 Å². The second-order valence-corrected chi connectivity index (χ2v) is 7.79. The molecule has 1 N–H and O–H groups in total. The van der Waals surface area contributed by atoms with Gasteiger partial charge in [0.25, 0.3) is 0 Å². The maximum absolute atomic E-state index is 14.9. The molecule has 7 nitrogen and oxygen atoms in total. The number of nitrogens with zero attached hydrogens (tertiary/aromatic N) is 2. The number of benzene rings is 1. The van der Waals surface area contributed by atoms with Crippen LogP contribution >= 0.6 is 23.2 Å². The number of methoxy groups -OCH3 is 2. The topological polar surface area (TPSA) is 82.6 Å². The van der Waals surface area contributed by atoms with Crippen molar-refractivity contribution in [3.63, 3.8) is 0 Å². The lowest BCUT2D eigenvalue weighted by molar-refractivity contribution is -0.115. The molecule has 2 heterocycles. The molecule has 1 aromatic carbocycles. The first-order chi connectivity index (χ1) is 15.4. The summed E-state index contributed by atoms with van der Waals surface area (Å²) in [6, 6.07) is 1.39. The third kappa shape index (κ3) is 5.38. The normalized spacial score (nSPS) is 18.3. The minimum Gasteiger partial charge on any atom is -0.495 e. The van der Waals surface area contributed by atoms with Crippen molar-refractivity contribution in [3.8, 4) is 11.5 Å². The summed E-state index contributed by atoms with van der Waals surface area (Å²) in [4.78, 5) is 20.0. The highest BCUT2D eigenvalue weighted by molar-refractivity contribution is 6.39. The van der Waals surface area contributed by atoms with Crippen LogP contribution in [-0.2, 0) is 9.53 Å².